The number of benzene rings is 3. The monoisotopic (exact) mass is 538 g/mol. The second kappa shape index (κ2) is 11.5. The Morgan fingerprint density at radius 1 is 1.05 bits per heavy atom. The standard InChI is InChI=1S/C32H34N4O4/c1-39-23-9-6-8-22(20-23)30-29(26-12-4-5-13-27(26)34-30)31-24-10-2-3-11-25(24)32(38)36(31)21-28(37)33-14-7-15-35-16-18-40-19-17-35/h2-6,8-13,20,31,34H,7,14-19,21H2,1H3,(H,33,37)/t31-/m0/s1. The van der Waals surface area contributed by atoms with Crippen molar-refractivity contribution in [1.29, 1.82) is 0 Å². The van der Waals surface area contributed by atoms with Crippen molar-refractivity contribution < 1.29 is 19.1 Å². The molecule has 1 saturated heterocycles. The predicted molar refractivity (Wildman–Crippen MR) is 154 cm³/mol. The van der Waals surface area contributed by atoms with Gasteiger partial charge in [-0.05, 0) is 42.8 Å². The average molecular weight is 539 g/mol. The molecule has 0 aliphatic carbocycles. The van der Waals surface area contributed by atoms with Crippen LogP contribution in [0.5, 0.6) is 5.75 Å². The van der Waals surface area contributed by atoms with Crippen LogP contribution in [0.3, 0.4) is 0 Å². The third-order valence-electron chi connectivity index (χ3n) is 7.83. The molecule has 3 aromatic carbocycles. The van der Waals surface area contributed by atoms with Crippen LogP contribution in [0.1, 0.15) is 33.9 Å². The number of rotatable bonds is 9. The highest BCUT2D eigenvalue weighted by Gasteiger charge is 2.41. The van der Waals surface area contributed by atoms with E-state index in [1.165, 1.54) is 0 Å². The van der Waals surface area contributed by atoms with Crippen molar-refractivity contribution in [3.63, 3.8) is 0 Å². The molecule has 206 valence electrons. The molecule has 2 N–H and O–H groups in total. The van der Waals surface area contributed by atoms with Gasteiger partial charge in [0, 0.05) is 47.2 Å². The number of carbonyl (C=O) groups is 2. The predicted octanol–water partition coefficient (Wildman–Crippen LogP) is 4.23. The molecule has 0 unspecified atom stereocenters. The number of nitrogens with zero attached hydrogens (tertiary/aromatic N) is 2. The number of aromatic amines is 1. The molecule has 0 saturated carbocycles. The minimum Gasteiger partial charge on any atom is -0.497 e. The molecular formula is C32H34N4O4. The maximum absolute atomic E-state index is 13.8. The Labute approximate surface area is 233 Å². The largest absolute Gasteiger partial charge is 0.497 e. The fourth-order valence-corrected chi connectivity index (χ4v) is 5.86. The first-order valence-corrected chi connectivity index (χ1v) is 13.9. The molecule has 8 nitrogen and oxygen atoms in total. The van der Waals surface area contributed by atoms with Crippen LogP contribution in [0.4, 0.5) is 0 Å². The van der Waals surface area contributed by atoms with Crippen LogP contribution in [-0.2, 0) is 9.53 Å². The van der Waals surface area contributed by atoms with Gasteiger partial charge >= 0.3 is 0 Å². The molecule has 40 heavy (non-hydrogen) atoms. The number of carbonyl (C=O) groups excluding carboxylic acids is 2. The minimum atomic E-state index is -0.417. The van der Waals surface area contributed by atoms with E-state index in [2.05, 4.69) is 21.3 Å². The van der Waals surface area contributed by atoms with Crippen molar-refractivity contribution in [2.75, 3.05) is 53.0 Å². The molecule has 2 aliphatic rings. The number of hydrogen-bond donors (Lipinski definition) is 2. The average Bonchev–Trinajstić information content (AvgIpc) is 3.51. The number of fused-ring (bicyclic) bond motifs is 2. The lowest BCUT2D eigenvalue weighted by Gasteiger charge is -2.27. The van der Waals surface area contributed by atoms with Crippen LogP contribution in [0, 0.1) is 0 Å². The number of nitrogens with one attached hydrogen (secondary N) is 2. The van der Waals surface area contributed by atoms with Crippen molar-refractivity contribution in [3.8, 4) is 17.0 Å². The summed E-state index contributed by atoms with van der Waals surface area (Å²) in [5.74, 6) is 0.458. The summed E-state index contributed by atoms with van der Waals surface area (Å²) in [5.41, 5.74) is 5.35. The highest BCUT2D eigenvalue weighted by molar-refractivity contribution is 6.03. The van der Waals surface area contributed by atoms with Gasteiger partial charge in [-0.1, -0.05) is 48.5 Å². The third-order valence-corrected chi connectivity index (χ3v) is 7.83. The Morgan fingerprint density at radius 2 is 1.85 bits per heavy atom. The first-order chi connectivity index (χ1) is 19.6. The first kappa shape index (κ1) is 26.1. The molecule has 4 aromatic rings. The second-order valence-electron chi connectivity index (χ2n) is 10.3. The third kappa shape index (κ3) is 5.08. The van der Waals surface area contributed by atoms with E-state index in [-0.39, 0.29) is 18.4 Å². The molecule has 2 amide bonds. The SMILES string of the molecule is COc1cccc(-c2[nH]c3ccccc3c2[C@@H]2c3ccccc3C(=O)N2CC(=O)NCCCN2CCOCC2)c1. The van der Waals surface area contributed by atoms with Gasteiger partial charge in [-0.3, -0.25) is 14.5 Å². The molecule has 0 spiro atoms. The lowest BCUT2D eigenvalue weighted by Crippen LogP contribution is -2.41. The normalized spacial score (nSPS) is 17.3. The van der Waals surface area contributed by atoms with Gasteiger partial charge in [0.05, 0.1) is 32.1 Å². The van der Waals surface area contributed by atoms with Crippen molar-refractivity contribution in [2.45, 2.75) is 12.5 Å². The van der Waals surface area contributed by atoms with Crippen molar-refractivity contribution in [2.24, 2.45) is 0 Å². The zero-order valence-corrected chi connectivity index (χ0v) is 22.7. The summed E-state index contributed by atoms with van der Waals surface area (Å²) in [6.45, 7) is 4.84. The number of ether oxygens (including phenoxy) is 2. The quantitative estimate of drug-likeness (QED) is 0.312. The van der Waals surface area contributed by atoms with E-state index in [1.807, 2.05) is 66.7 Å². The lowest BCUT2D eigenvalue weighted by atomic mass is 9.93. The van der Waals surface area contributed by atoms with Crippen molar-refractivity contribution >= 4 is 22.7 Å². The zero-order valence-electron chi connectivity index (χ0n) is 22.7. The Bertz CT molecular complexity index is 1520. The van der Waals surface area contributed by atoms with Gasteiger partial charge in [0.15, 0.2) is 0 Å². The van der Waals surface area contributed by atoms with Crippen LogP contribution in [0.2, 0.25) is 0 Å². The second-order valence-corrected chi connectivity index (χ2v) is 10.3. The fourth-order valence-electron chi connectivity index (χ4n) is 5.86. The van der Waals surface area contributed by atoms with E-state index >= 15 is 0 Å². The van der Waals surface area contributed by atoms with E-state index in [9.17, 15) is 9.59 Å². The van der Waals surface area contributed by atoms with Crippen molar-refractivity contribution in [3.05, 3.63) is 89.5 Å². The Hall–Kier alpha value is -4.14. The van der Waals surface area contributed by atoms with Gasteiger partial charge < -0.3 is 24.7 Å². The Kier molecular flexibility index (Phi) is 7.53. The number of para-hydroxylation sites is 1. The van der Waals surface area contributed by atoms with Crippen LogP contribution in [-0.4, -0.2) is 79.6 Å². The first-order valence-electron chi connectivity index (χ1n) is 13.9. The number of morpholine rings is 1. The smallest absolute Gasteiger partial charge is 0.255 e. The molecule has 0 radical (unpaired) electrons. The van der Waals surface area contributed by atoms with Gasteiger partial charge in [-0.25, -0.2) is 0 Å². The Balaban J connectivity index is 1.31. The molecule has 8 heteroatoms. The van der Waals surface area contributed by atoms with E-state index in [0.717, 1.165) is 78.3 Å². The Morgan fingerprint density at radius 3 is 2.70 bits per heavy atom. The molecule has 1 aromatic heterocycles. The summed E-state index contributed by atoms with van der Waals surface area (Å²) in [4.78, 5) is 34.6. The number of aromatic nitrogens is 1. The number of amides is 2. The van der Waals surface area contributed by atoms with Gasteiger partial charge in [-0.2, -0.15) is 0 Å². The molecule has 1 fully saturated rings. The van der Waals surface area contributed by atoms with E-state index in [4.69, 9.17) is 9.47 Å². The highest BCUT2D eigenvalue weighted by Crippen LogP contribution is 2.45. The zero-order chi connectivity index (χ0) is 27.5. The summed E-state index contributed by atoms with van der Waals surface area (Å²) in [7, 11) is 1.65. The van der Waals surface area contributed by atoms with Gasteiger partial charge in [0.2, 0.25) is 5.91 Å². The molecule has 0 bridgehead atoms. The molecular weight excluding hydrogens is 504 g/mol. The van der Waals surface area contributed by atoms with Crippen LogP contribution in [0.15, 0.2) is 72.8 Å². The van der Waals surface area contributed by atoms with Crippen LogP contribution in [0.25, 0.3) is 22.2 Å². The molecule has 1 atom stereocenters. The van der Waals surface area contributed by atoms with Gasteiger partial charge in [0.1, 0.15) is 12.3 Å². The van der Waals surface area contributed by atoms with Crippen LogP contribution < -0.4 is 10.1 Å². The lowest BCUT2D eigenvalue weighted by molar-refractivity contribution is -0.122. The minimum absolute atomic E-state index is 0.0210. The molecule has 6 rings (SSSR count). The summed E-state index contributed by atoms with van der Waals surface area (Å²) in [6.07, 6.45) is 0.853. The number of hydrogen-bond acceptors (Lipinski definition) is 5. The summed E-state index contributed by atoms with van der Waals surface area (Å²) < 4.78 is 10.9. The fraction of sp³-hybridized carbons (Fsp3) is 0.312. The number of H-pyrrole nitrogens is 1. The number of methoxy groups -OCH3 is 1. The topological polar surface area (TPSA) is 86.9 Å². The summed E-state index contributed by atoms with van der Waals surface area (Å²) in [6, 6.07) is 23.3. The van der Waals surface area contributed by atoms with Crippen LogP contribution >= 0.6 is 0 Å². The van der Waals surface area contributed by atoms with Crippen molar-refractivity contribution in [1.82, 2.24) is 20.1 Å². The highest BCUT2D eigenvalue weighted by atomic mass is 16.5. The van der Waals surface area contributed by atoms with Gasteiger partial charge in [0.25, 0.3) is 5.91 Å². The summed E-state index contributed by atoms with van der Waals surface area (Å²) in [5, 5.41) is 4.06. The molecule has 3 heterocycles. The van der Waals surface area contributed by atoms with E-state index in [1.54, 1.807) is 12.0 Å². The summed E-state index contributed by atoms with van der Waals surface area (Å²) >= 11 is 0. The maximum Gasteiger partial charge on any atom is 0.255 e. The van der Waals surface area contributed by atoms with E-state index in [0.29, 0.717) is 12.1 Å². The van der Waals surface area contributed by atoms with E-state index < -0.39 is 6.04 Å². The maximum atomic E-state index is 13.8. The molecule has 2 aliphatic heterocycles. The van der Waals surface area contributed by atoms with Gasteiger partial charge in [-0.15, -0.1) is 0 Å².